The minimum Gasteiger partial charge on any atom is -0.497 e. The molecular weight excluding hydrogens is 474 g/mol. The highest BCUT2D eigenvalue weighted by atomic mass is 79.9. The number of halogens is 1. The van der Waals surface area contributed by atoms with Crippen molar-refractivity contribution in [2.75, 3.05) is 13.7 Å². The summed E-state index contributed by atoms with van der Waals surface area (Å²) in [6.07, 6.45) is 0.575. The van der Waals surface area contributed by atoms with E-state index in [2.05, 4.69) is 65.5 Å². The Bertz CT molecular complexity index is 1070. The Balaban J connectivity index is 2.22. The molecule has 0 saturated heterocycles. The van der Waals surface area contributed by atoms with Gasteiger partial charge in [0.1, 0.15) is 11.7 Å². The zero-order valence-electron chi connectivity index (χ0n) is 19.0. The molecule has 166 valence electrons. The number of ether oxygens (including phenoxy) is 2. The van der Waals surface area contributed by atoms with E-state index in [-0.39, 0.29) is 10.7 Å². The van der Waals surface area contributed by atoms with Crippen LogP contribution in [-0.2, 0) is 23.0 Å². The smallest absolute Gasteiger partial charge is 0.315 e. The van der Waals surface area contributed by atoms with Gasteiger partial charge >= 0.3 is 5.97 Å². The lowest BCUT2D eigenvalue weighted by Crippen LogP contribution is -2.22. The maximum atomic E-state index is 13.2. The molecule has 0 amide bonds. The summed E-state index contributed by atoms with van der Waals surface area (Å²) >= 11 is 5.27. The number of hydrogen-bond acceptors (Lipinski definition) is 4. The second kappa shape index (κ2) is 9.70. The normalized spacial score (nSPS) is 12.7. The number of aryl methyl sites for hydroxylation is 1. The SMILES string of the molecule is CCOC(=O)C(Cc1ccc(Br)cc1)c1c(SC(C)(C)C)c2cc(OC)ccc2n1C. The molecule has 6 heteroatoms. The number of esters is 1. The molecule has 0 fully saturated rings. The molecule has 3 rings (SSSR count). The maximum Gasteiger partial charge on any atom is 0.315 e. The first kappa shape index (κ1) is 23.7. The third-order valence-corrected chi connectivity index (χ3v) is 6.84. The Morgan fingerprint density at radius 1 is 1.16 bits per heavy atom. The van der Waals surface area contributed by atoms with Gasteiger partial charge in [0, 0.05) is 37.8 Å². The fourth-order valence-corrected chi connectivity index (χ4v) is 5.27. The largest absolute Gasteiger partial charge is 0.497 e. The molecule has 31 heavy (non-hydrogen) atoms. The lowest BCUT2D eigenvalue weighted by Gasteiger charge is -2.23. The van der Waals surface area contributed by atoms with E-state index in [1.165, 1.54) is 0 Å². The number of hydrogen-bond donors (Lipinski definition) is 0. The van der Waals surface area contributed by atoms with Crippen LogP contribution in [0, 0.1) is 0 Å². The molecule has 0 aliphatic rings. The molecule has 1 aromatic heterocycles. The van der Waals surface area contributed by atoms with Crippen LogP contribution in [0.2, 0.25) is 0 Å². The van der Waals surface area contributed by atoms with Crippen LogP contribution >= 0.6 is 27.7 Å². The Morgan fingerprint density at radius 2 is 1.84 bits per heavy atom. The number of thioether (sulfide) groups is 1. The summed E-state index contributed by atoms with van der Waals surface area (Å²) in [5.41, 5.74) is 3.16. The monoisotopic (exact) mass is 503 g/mol. The first-order valence-corrected chi connectivity index (χ1v) is 12.0. The average Bonchev–Trinajstić information content (AvgIpc) is 2.97. The Hall–Kier alpha value is -1.92. The van der Waals surface area contributed by atoms with Gasteiger partial charge in [-0.1, -0.05) is 48.8 Å². The number of rotatable bonds is 7. The molecule has 0 N–H and O–H groups in total. The van der Waals surface area contributed by atoms with Gasteiger partial charge in [-0.3, -0.25) is 4.79 Å². The molecule has 4 nitrogen and oxygen atoms in total. The standard InChI is InChI=1S/C25H30BrNO3S/c1-7-30-24(28)20(14-16-8-10-17(26)11-9-16)22-23(31-25(2,3)4)19-15-18(29-6)12-13-21(19)27(22)5/h8-13,15,20H,7,14H2,1-6H3. The quantitative estimate of drug-likeness (QED) is 0.264. The van der Waals surface area contributed by atoms with Crippen LogP contribution in [0.25, 0.3) is 10.9 Å². The van der Waals surface area contributed by atoms with Gasteiger partial charge in [-0.25, -0.2) is 0 Å². The molecule has 0 radical (unpaired) electrons. The van der Waals surface area contributed by atoms with Gasteiger partial charge in [0.2, 0.25) is 0 Å². The van der Waals surface area contributed by atoms with Gasteiger partial charge in [0.15, 0.2) is 0 Å². The van der Waals surface area contributed by atoms with E-state index >= 15 is 0 Å². The fraction of sp³-hybridized carbons (Fsp3) is 0.400. The van der Waals surface area contributed by atoms with E-state index in [1.807, 2.05) is 32.2 Å². The van der Waals surface area contributed by atoms with Crippen molar-refractivity contribution in [3.05, 3.63) is 58.2 Å². The average molecular weight is 504 g/mol. The van der Waals surface area contributed by atoms with Crippen molar-refractivity contribution in [3.63, 3.8) is 0 Å². The second-order valence-corrected chi connectivity index (χ2v) is 11.3. The molecule has 0 aliphatic carbocycles. The zero-order valence-corrected chi connectivity index (χ0v) is 21.4. The Labute approximate surface area is 197 Å². The van der Waals surface area contributed by atoms with Crippen LogP contribution in [0.3, 0.4) is 0 Å². The van der Waals surface area contributed by atoms with Crippen LogP contribution in [0.5, 0.6) is 5.75 Å². The number of benzene rings is 2. The molecular formula is C25H30BrNO3S. The molecule has 0 spiro atoms. The lowest BCUT2D eigenvalue weighted by molar-refractivity contribution is -0.145. The summed E-state index contributed by atoms with van der Waals surface area (Å²) in [6, 6.07) is 14.2. The summed E-state index contributed by atoms with van der Waals surface area (Å²) < 4.78 is 14.2. The lowest BCUT2D eigenvalue weighted by atomic mass is 9.96. The minimum absolute atomic E-state index is 0.0249. The molecule has 1 atom stereocenters. The zero-order chi connectivity index (χ0) is 22.8. The van der Waals surface area contributed by atoms with E-state index in [0.717, 1.165) is 37.3 Å². The van der Waals surface area contributed by atoms with Crippen molar-refractivity contribution in [1.29, 1.82) is 0 Å². The Kier molecular flexibility index (Phi) is 7.43. The first-order chi connectivity index (χ1) is 14.6. The third-order valence-electron chi connectivity index (χ3n) is 5.07. The highest BCUT2D eigenvalue weighted by molar-refractivity contribution is 9.10. The second-order valence-electron chi connectivity index (χ2n) is 8.51. The molecule has 3 aromatic rings. The van der Waals surface area contributed by atoms with Crippen LogP contribution < -0.4 is 4.74 Å². The van der Waals surface area contributed by atoms with Crippen molar-refractivity contribution in [3.8, 4) is 5.75 Å². The van der Waals surface area contributed by atoms with E-state index in [4.69, 9.17) is 9.47 Å². The number of carbonyl (C=O) groups is 1. The number of nitrogens with zero attached hydrogens (tertiary/aromatic N) is 1. The number of methoxy groups -OCH3 is 1. The predicted molar refractivity (Wildman–Crippen MR) is 132 cm³/mol. The highest BCUT2D eigenvalue weighted by Crippen LogP contribution is 2.45. The molecule has 1 unspecified atom stereocenters. The third kappa shape index (κ3) is 5.47. The van der Waals surface area contributed by atoms with Crippen LogP contribution in [0.1, 0.15) is 44.9 Å². The maximum absolute atomic E-state index is 13.2. The van der Waals surface area contributed by atoms with Crippen LogP contribution in [0.4, 0.5) is 0 Å². The molecule has 0 aliphatic heterocycles. The van der Waals surface area contributed by atoms with E-state index in [1.54, 1.807) is 18.9 Å². The van der Waals surface area contributed by atoms with Gasteiger partial charge in [-0.2, -0.15) is 0 Å². The van der Waals surface area contributed by atoms with Crippen molar-refractivity contribution in [2.45, 2.75) is 49.7 Å². The van der Waals surface area contributed by atoms with E-state index in [9.17, 15) is 4.79 Å². The highest BCUT2D eigenvalue weighted by Gasteiger charge is 2.32. The van der Waals surface area contributed by atoms with Crippen molar-refractivity contribution in [1.82, 2.24) is 4.57 Å². The summed E-state index contributed by atoms with van der Waals surface area (Å²) in [4.78, 5) is 14.3. The fourth-order valence-electron chi connectivity index (χ4n) is 3.73. The summed E-state index contributed by atoms with van der Waals surface area (Å²) in [5.74, 6) is 0.203. The van der Waals surface area contributed by atoms with Gasteiger partial charge in [-0.15, -0.1) is 11.8 Å². The van der Waals surface area contributed by atoms with Crippen molar-refractivity contribution >= 4 is 44.6 Å². The number of carbonyl (C=O) groups excluding carboxylic acids is 1. The summed E-state index contributed by atoms with van der Waals surface area (Å²) in [7, 11) is 3.71. The molecule has 0 saturated carbocycles. The first-order valence-electron chi connectivity index (χ1n) is 10.4. The molecule has 0 bridgehead atoms. The topological polar surface area (TPSA) is 40.5 Å². The van der Waals surface area contributed by atoms with Crippen molar-refractivity contribution in [2.24, 2.45) is 7.05 Å². The predicted octanol–water partition coefficient (Wildman–Crippen LogP) is 6.73. The van der Waals surface area contributed by atoms with Gasteiger partial charge < -0.3 is 14.0 Å². The van der Waals surface area contributed by atoms with E-state index in [0.29, 0.717) is 13.0 Å². The summed E-state index contributed by atoms with van der Waals surface area (Å²) in [6.45, 7) is 8.78. The Morgan fingerprint density at radius 3 is 2.42 bits per heavy atom. The summed E-state index contributed by atoms with van der Waals surface area (Å²) in [5, 5.41) is 1.10. The number of fused-ring (bicyclic) bond motifs is 1. The van der Waals surface area contributed by atoms with Crippen LogP contribution in [-0.4, -0.2) is 29.0 Å². The van der Waals surface area contributed by atoms with Crippen molar-refractivity contribution < 1.29 is 14.3 Å². The molecule has 2 aromatic carbocycles. The molecule has 1 heterocycles. The minimum atomic E-state index is -0.408. The van der Waals surface area contributed by atoms with Gasteiger partial charge in [-0.05, 0) is 49.2 Å². The van der Waals surface area contributed by atoms with Gasteiger partial charge in [0.05, 0.1) is 13.7 Å². The number of aromatic nitrogens is 1. The van der Waals surface area contributed by atoms with E-state index < -0.39 is 5.92 Å². The van der Waals surface area contributed by atoms with Crippen LogP contribution in [0.15, 0.2) is 51.8 Å². The van der Waals surface area contributed by atoms with Gasteiger partial charge in [0.25, 0.3) is 0 Å².